The molecular weight excluding hydrogens is 504 g/mol. The van der Waals surface area contributed by atoms with Gasteiger partial charge in [0.15, 0.2) is 11.5 Å². The van der Waals surface area contributed by atoms with Crippen LogP contribution in [-0.4, -0.2) is 32.9 Å². The van der Waals surface area contributed by atoms with E-state index in [1.165, 1.54) is 12.1 Å². The Bertz CT molecular complexity index is 1150. The maximum Gasteiger partial charge on any atom is 0.312 e. The summed E-state index contributed by atoms with van der Waals surface area (Å²) in [6.45, 7) is -0.0379. The average Bonchev–Trinajstić information content (AvgIpc) is 3.23. The molecule has 4 rings (SSSR count). The molecule has 0 atom stereocenters. The van der Waals surface area contributed by atoms with Gasteiger partial charge in [0.1, 0.15) is 0 Å². The molecule has 154 valence electrons. The zero-order valence-electron chi connectivity index (χ0n) is 14.8. The Morgan fingerprint density at radius 3 is 2.67 bits per heavy atom. The number of phenols is 1. The third kappa shape index (κ3) is 3.71. The number of halogens is 2. The van der Waals surface area contributed by atoms with Gasteiger partial charge in [0.2, 0.25) is 12.5 Å². The third-order valence-electron chi connectivity index (χ3n) is 4.31. The van der Waals surface area contributed by atoms with Crippen molar-refractivity contribution >= 4 is 62.2 Å². The van der Waals surface area contributed by atoms with Crippen molar-refractivity contribution in [2.75, 3.05) is 6.79 Å². The number of hydrogen-bond acceptors (Lipinski definition) is 8. The highest BCUT2D eigenvalue weighted by Gasteiger charge is 2.36. The van der Waals surface area contributed by atoms with Gasteiger partial charge in [-0.25, -0.2) is 0 Å². The molecule has 0 bridgehead atoms. The summed E-state index contributed by atoms with van der Waals surface area (Å²) in [5, 5.41) is 21.0. The predicted molar refractivity (Wildman–Crippen MR) is 112 cm³/mol. The number of hydrogen-bond donors (Lipinski definition) is 1. The predicted octanol–water partition coefficient (Wildman–Crippen LogP) is 4.68. The number of nitro groups is 1. The standard InChI is InChI=1S/C18H10BrClN2O7S/c19-10-1-8(16(23)12(4-10)22(26)27)3-15-17(24)21(18(25)30-15)6-9-2-13-14(5-11(9)20)29-7-28-13/h1-5,23H,6-7H2/b15-3-. The number of benzene rings is 2. The molecule has 30 heavy (non-hydrogen) atoms. The minimum absolute atomic E-state index is 0.0135. The highest BCUT2D eigenvalue weighted by Crippen LogP contribution is 2.41. The largest absolute Gasteiger partial charge is 0.502 e. The van der Waals surface area contributed by atoms with Gasteiger partial charge in [-0.05, 0) is 35.5 Å². The normalized spacial score (nSPS) is 16.6. The molecule has 2 aliphatic heterocycles. The van der Waals surface area contributed by atoms with Crippen molar-refractivity contribution < 1.29 is 29.1 Å². The Morgan fingerprint density at radius 1 is 1.27 bits per heavy atom. The van der Waals surface area contributed by atoms with E-state index in [0.717, 1.165) is 11.0 Å². The summed E-state index contributed by atoms with van der Waals surface area (Å²) >= 11 is 10.0. The van der Waals surface area contributed by atoms with E-state index < -0.39 is 27.5 Å². The fraction of sp³-hybridized carbons (Fsp3) is 0.111. The fourth-order valence-corrected chi connectivity index (χ4v) is 4.39. The number of rotatable bonds is 4. The Labute approximate surface area is 186 Å². The molecular formula is C18H10BrClN2O7S. The highest BCUT2D eigenvalue weighted by atomic mass is 79.9. The van der Waals surface area contributed by atoms with Crippen LogP contribution in [0, 0.1) is 10.1 Å². The van der Waals surface area contributed by atoms with Crippen molar-refractivity contribution in [3.8, 4) is 17.2 Å². The molecule has 0 radical (unpaired) electrons. The summed E-state index contributed by atoms with van der Waals surface area (Å²) in [5.41, 5.74) is -0.00455. The number of imide groups is 1. The molecule has 0 unspecified atom stereocenters. The third-order valence-corrected chi connectivity index (χ3v) is 6.03. The number of aromatic hydroxyl groups is 1. The van der Waals surface area contributed by atoms with E-state index in [-0.39, 0.29) is 23.8 Å². The lowest BCUT2D eigenvalue weighted by Crippen LogP contribution is -2.27. The average molecular weight is 514 g/mol. The van der Waals surface area contributed by atoms with Crippen molar-refractivity contribution in [2.45, 2.75) is 6.54 Å². The van der Waals surface area contributed by atoms with E-state index in [0.29, 0.717) is 38.3 Å². The van der Waals surface area contributed by atoms with Crippen LogP contribution in [0.5, 0.6) is 17.2 Å². The maximum atomic E-state index is 12.8. The minimum Gasteiger partial charge on any atom is -0.502 e. The van der Waals surface area contributed by atoms with Gasteiger partial charge in [0, 0.05) is 27.2 Å². The molecule has 1 saturated heterocycles. The van der Waals surface area contributed by atoms with Crippen LogP contribution in [0.25, 0.3) is 6.08 Å². The first-order valence-electron chi connectivity index (χ1n) is 8.25. The Balaban J connectivity index is 1.63. The van der Waals surface area contributed by atoms with Crippen LogP contribution in [0.1, 0.15) is 11.1 Å². The van der Waals surface area contributed by atoms with Gasteiger partial charge < -0.3 is 14.6 Å². The topological polar surface area (TPSA) is 119 Å². The van der Waals surface area contributed by atoms with E-state index in [4.69, 9.17) is 21.1 Å². The van der Waals surface area contributed by atoms with Crippen LogP contribution >= 0.6 is 39.3 Å². The van der Waals surface area contributed by atoms with Crippen LogP contribution in [0.3, 0.4) is 0 Å². The zero-order chi connectivity index (χ0) is 21.6. The van der Waals surface area contributed by atoms with Crippen LogP contribution in [0.2, 0.25) is 5.02 Å². The Hall–Kier alpha value is -2.76. The first kappa shape index (κ1) is 20.5. The molecule has 1 N–H and O–H groups in total. The summed E-state index contributed by atoms with van der Waals surface area (Å²) in [6.07, 6.45) is 1.24. The number of nitro benzene ring substituents is 1. The summed E-state index contributed by atoms with van der Waals surface area (Å²) < 4.78 is 10.9. The van der Waals surface area contributed by atoms with Crippen LogP contribution < -0.4 is 9.47 Å². The lowest BCUT2D eigenvalue weighted by Gasteiger charge is -2.14. The van der Waals surface area contributed by atoms with Crippen molar-refractivity contribution in [3.63, 3.8) is 0 Å². The van der Waals surface area contributed by atoms with E-state index in [1.54, 1.807) is 12.1 Å². The van der Waals surface area contributed by atoms with Gasteiger partial charge >= 0.3 is 5.69 Å². The first-order chi connectivity index (χ1) is 14.2. The molecule has 12 heteroatoms. The molecule has 0 aliphatic carbocycles. The number of fused-ring (bicyclic) bond motifs is 1. The van der Waals surface area contributed by atoms with Crippen LogP contribution in [-0.2, 0) is 11.3 Å². The molecule has 0 saturated carbocycles. The van der Waals surface area contributed by atoms with Gasteiger partial charge in [-0.1, -0.05) is 27.5 Å². The number of carbonyl (C=O) groups is 2. The van der Waals surface area contributed by atoms with Crippen LogP contribution in [0.4, 0.5) is 10.5 Å². The van der Waals surface area contributed by atoms with Gasteiger partial charge in [0.05, 0.1) is 16.4 Å². The van der Waals surface area contributed by atoms with Gasteiger partial charge in [0.25, 0.3) is 11.1 Å². The second-order valence-corrected chi connectivity index (χ2v) is 8.50. The summed E-state index contributed by atoms with van der Waals surface area (Å²) in [6, 6.07) is 5.69. The monoisotopic (exact) mass is 512 g/mol. The van der Waals surface area contributed by atoms with E-state index in [1.807, 2.05) is 0 Å². The number of phenolic OH excluding ortho intramolecular Hbond substituents is 1. The molecule has 9 nitrogen and oxygen atoms in total. The van der Waals surface area contributed by atoms with E-state index in [2.05, 4.69) is 15.9 Å². The van der Waals surface area contributed by atoms with Crippen molar-refractivity contribution in [2.24, 2.45) is 0 Å². The molecule has 2 aliphatic rings. The van der Waals surface area contributed by atoms with E-state index in [9.17, 15) is 24.8 Å². The van der Waals surface area contributed by atoms with Crippen molar-refractivity contribution in [1.82, 2.24) is 4.90 Å². The number of nitrogens with zero attached hydrogens (tertiary/aromatic N) is 2. The molecule has 2 aromatic rings. The SMILES string of the molecule is O=C1S/C(=C\c2cc(Br)cc([N+](=O)[O-])c2O)C(=O)N1Cc1cc2c(cc1Cl)OCO2. The molecule has 0 aromatic heterocycles. The second-order valence-electron chi connectivity index (χ2n) is 6.18. The number of thioether (sulfide) groups is 1. The van der Waals surface area contributed by atoms with Gasteiger partial charge in [-0.2, -0.15) is 0 Å². The summed E-state index contributed by atoms with van der Waals surface area (Å²) in [5.74, 6) is -0.276. The fourth-order valence-electron chi connectivity index (χ4n) is 2.88. The second kappa shape index (κ2) is 7.82. The van der Waals surface area contributed by atoms with E-state index >= 15 is 0 Å². The number of amides is 2. The molecule has 2 aromatic carbocycles. The number of carbonyl (C=O) groups excluding carboxylic acids is 2. The molecule has 0 spiro atoms. The lowest BCUT2D eigenvalue weighted by molar-refractivity contribution is -0.385. The smallest absolute Gasteiger partial charge is 0.312 e. The highest BCUT2D eigenvalue weighted by molar-refractivity contribution is 9.10. The minimum atomic E-state index is -0.745. The first-order valence-corrected chi connectivity index (χ1v) is 10.2. The Kier molecular flexibility index (Phi) is 5.35. The van der Waals surface area contributed by atoms with Crippen molar-refractivity contribution in [3.05, 3.63) is 59.9 Å². The zero-order valence-corrected chi connectivity index (χ0v) is 17.9. The Morgan fingerprint density at radius 2 is 1.97 bits per heavy atom. The van der Waals surface area contributed by atoms with Crippen molar-refractivity contribution in [1.29, 1.82) is 0 Å². The maximum absolute atomic E-state index is 12.8. The summed E-state index contributed by atoms with van der Waals surface area (Å²) in [4.78, 5) is 36.5. The molecule has 1 fully saturated rings. The molecule has 2 heterocycles. The van der Waals surface area contributed by atoms with Crippen LogP contribution in [0.15, 0.2) is 33.6 Å². The lowest BCUT2D eigenvalue weighted by atomic mass is 10.1. The number of ether oxygens (including phenoxy) is 2. The quantitative estimate of drug-likeness (QED) is 0.355. The van der Waals surface area contributed by atoms with Gasteiger partial charge in [-0.15, -0.1) is 0 Å². The van der Waals surface area contributed by atoms with Gasteiger partial charge in [-0.3, -0.25) is 24.6 Å². The molecule has 2 amide bonds. The summed E-state index contributed by atoms with van der Waals surface area (Å²) in [7, 11) is 0.